The Labute approximate surface area is 137 Å². The molecule has 0 heterocycles. The second-order valence-electron chi connectivity index (χ2n) is 5.37. The van der Waals surface area contributed by atoms with E-state index in [0.717, 1.165) is 11.1 Å². The lowest BCUT2D eigenvalue weighted by Crippen LogP contribution is -2.40. The average Bonchev–Trinajstić information content (AvgIpc) is 2.62. The van der Waals surface area contributed by atoms with Crippen molar-refractivity contribution in [3.8, 4) is 0 Å². The number of rotatable bonds is 7. The van der Waals surface area contributed by atoms with Gasteiger partial charge in [-0.2, -0.15) is 0 Å². The molecule has 2 aromatic carbocycles. The van der Waals surface area contributed by atoms with Crippen LogP contribution in [0.2, 0.25) is 0 Å². The van der Waals surface area contributed by atoms with Crippen molar-refractivity contribution in [1.82, 2.24) is 5.32 Å². The van der Waals surface area contributed by atoms with Gasteiger partial charge in [0.05, 0.1) is 13.2 Å². The van der Waals surface area contributed by atoms with E-state index in [1.807, 2.05) is 48.5 Å². The molecule has 0 spiro atoms. The number of hydrogen-bond acceptors (Lipinski definition) is 4. The van der Waals surface area contributed by atoms with Gasteiger partial charge in [0.15, 0.2) is 6.10 Å². The monoisotopic (exact) mass is 313 g/mol. The van der Waals surface area contributed by atoms with E-state index in [1.165, 1.54) is 14.2 Å². The summed E-state index contributed by atoms with van der Waals surface area (Å²) in [7, 11) is 2.89. The molecule has 0 aliphatic rings. The van der Waals surface area contributed by atoms with E-state index >= 15 is 0 Å². The fourth-order valence-electron chi connectivity index (χ4n) is 2.61. The predicted molar refractivity (Wildman–Crippen MR) is 90.0 cm³/mol. The molecule has 0 radical (unpaired) electrons. The van der Waals surface area contributed by atoms with E-state index in [4.69, 9.17) is 9.47 Å². The normalized spacial score (nSPS) is 14.7. The zero-order valence-corrected chi connectivity index (χ0v) is 13.7. The predicted octanol–water partition coefficient (Wildman–Crippen LogP) is 3.27. The summed E-state index contributed by atoms with van der Waals surface area (Å²) in [5.74, 6) is -0.394. The van der Waals surface area contributed by atoms with Crippen LogP contribution in [0.1, 0.15) is 30.1 Å². The first-order valence-electron chi connectivity index (χ1n) is 7.64. The molecule has 1 N–H and O–H groups in total. The lowest BCUT2D eigenvalue weighted by molar-refractivity contribution is -0.154. The van der Waals surface area contributed by atoms with Crippen molar-refractivity contribution in [3.05, 3.63) is 71.8 Å². The minimum Gasteiger partial charge on any atom is -0.467 e. The first kappa shape index (κ1) is 17.2. The number of esters is 1. The number of carbonyl (C=O) groups is 1. The van der Waals surface area contributed by atoms with Crippen LogP contribution in [0.25, 0.3) is 0 Å². The summed E-state index contributed by atoms with van der Waals surface area (Å²) in [6.45, 7) is 2.06. The highest BCUT2D eigenvalue weighted by molar-refractivity contribution is 5.75. The molecule has 4 heteroatoms. The van der Waals surface area contributed by atoms with Gasteiger partial charge in [0, 0.05) is 13.2 Å². The Morgan fingerprint density at radius 3 is 1.91 bits per heavy atom. The number of methoxy groups -OCH3 is 2. The molecule has 0 fully saturated rings. The van der Waals surface area contributed by atoms with Crippen LogP contribution in [0.5, 0.6) is 0 Å². The maximum Gasteiger partial charge on any atom is 0.336 e. The van der Waals surface area contributed by atoms with E-state index < -0.39 is 12.1 Å². The second-order valence-corrected chi connectivity index (χ2v) is 5.37. The zero-order valence-electron chi connectivity index (χ0n) is 13.7. The first-order valence-corrected chi connectivity index (χ1v) is 7.64. The molecule has 2 aromatic rings. The van der Waals surface area contributed by atoms with Crippen LogP contribution < -0.4 is 5.32 Å². The van der Waals surface area contributed by atoms with Crippen molar-refractivity contribution in [2.75, 3.05) is 14.2 Å². The lowest BCUT2D eigenvalue weighted by atomic mass is 9.98. The van der Waals surface area contributed by atoms with E-state index in [1.54, 1.807) is 0 Å². The maximum atomic E-state index is 12.1. The highest BCUT2D eigenvalue weighted by atomic mass is 16.6. The molecule has 0 aliphatic carbocycles. The van der Waals surface area contributed by atoms with Crippen molar-refractivity contribution in [2.45, 2.75) is 25.1 Å². The number of benzene rings is 2. The number of hydrogen-bond donors (Lipinski definition) is 1. The van der Waals surface area contributed by atoms with Crippen molar-refractivity contribution < 1.29 is 14.3 Å². The molecule has 0 saturated carbocycles. The Morgan fingerprint density at radius 2 is 1.43 bits per heavy atom. The summed E-state index contributed by atoms with van der Waals surface area (Å²) in [5, 5.41) is 3.49. The zero-order chi connectivity index (χ0) is 16.7. The molecule has 0 saturated heterocycles. The Morgan fingerprint density at radius 1 is 0.913 bits per heavy atom. The molecular formula is C19H23NO3. The molecule has 4 nitrogen and oxygen atoms in total. The minimum atomic E-state index is -0.714. The van der Waals surface area contributed by atoms with Gasteiger partial charge in [-0.25, -0.2) is 4.79 Å². The fraction of sp³-hybridized carbons (Fsp3) is 0.316. The van der Waals surface area contributed by atoms with Crippen molar-refractivity contribution in [1.29, 1.82) is 0 Å². The average molecular weight is 313 g/mol. The van der Waals surface area contributed by atoms with Crippen LogP contribution in [0.15, 0.2) is 60.7 Å². The molecule has 122 valence electrons. The summed E-state index contributed by atoms with van der Waals surface area (Å²) < 4.78 is 10.3. The Hall–Kier alpha value is -2.17. The molecule has 23 heavy (non-hydrogen) atoms. The van der Waals surface area contributed by atoms with Gasteiger partial charge in [0.1, 0.15) is 0 Å². The van der Waals surface area contributed by atoms with Gasteiger partial charge in [-0.3, -0.25) is 0 Å². The number of ether oxygens (including phenoxy) is 2. The summed E-state index contributed by atoms with van der Waals surface area (Å²) in [4.78, 5) is 12.1. The van der Waals surface area contributed by atoms with Gasteiger partial charge in [-0.1, -0.05) is 60.7 Å². The van der Waals surface area contributed by atoms with Gasteiger partial charge in [0.25, 0.3) is 0 Å². The molecule has 0 amide bonds. The van der Waals surface area contributed by atoms with Crippen molar-refractivity contribution in [2.24, 2.45) is 0 Å². The van der Waals surface area contributed by atoms with E-state index in [0.29, 0.717) is 0 Å². The SMILES string of the molecule is COC(=O)[C@H](OC)[C@@H](N[C@@H](C)c1ccccc1)c1ccccc1. The van der Waals surface area contributed by atoms with Crippen LogP contribution in [-0.2, 0) is 14.3 Å². The van der Waals surface area contributed by atoms with E-state index in [2.05, 4.69) is 24.4 Å². The summed E-state index contributed by atoms with van der Waals surface area (Å²) >= 11 is 0. The Bertz CT molecular complexity index is 601. The van der Waals surface area contributed by atoms with Gasteiger partial charge in [-0.05, 0) is 18.1 Å². The Kier molecular flexibility index (Phi) is 6.32. The summed E-state index contributed by atoms with van der Waals surface area (Å²) in [6.07, 6.45) is -0.714. The standard InChI is InChI=1S/C19H23NO3/c1-14(15-10-6-4-7-11-15)20-17(16-12-8-5-9-13-16)18(22-2)19(21)23-3/h4-14,17-18,20H,1-3H3/t14-,17-,18+/m0/s1. The molecule has 0 aliphatic heterocycles. The minimum absolute atomic E-state index is 0.0590. The quantitative estimate of drug-likeness (QED) is 0.797. The molecule has 0 unspecified atom stereocenters. The summed E-state index contributed by atoms with van der Waals surface area (Å²) in [5.41, 5.74) is 2.13. The third kappa shape index (κ3) is 4.41. The molecule has 2 rings (SSSR count). The topological polar surface area (TPSA) is 47.6 Å². The third-order valence-electron chi connectivity index (χ3n) is 3.88. The van der Waals surface area contributed by atoms with Gasteiger partial charge < -0.3 is 14.8 Å². The number of nitrogens with one attached hydrogen (secondary N) is 1. The van der Waals surface area contributed by atoms with Crippen LogP contribution in [0.3, 0.4) is 0 Å². The van der Waals surface area contributed by atoms with Crippen molar-refractivity contribution in [3.63, 3.8) is 0 Å². The maximum absolute atomic E-state index is 12.1. The van der Waals surface area contributed by atoms with Crippen LogP contribution in [0.4, 0.5) is 0 Å². The van der Waals surface area contributed by atoms with Crippen molar-refractivity contribution >= 4 is 5.97 Å². The van der Waals surface area contributed by atoms with Crippen LogP contribution in [-0.4, -0.2) is 26.3 Å². The summed E-state index contributed by atoms with van der Waals surface area (Å²) in [6, 6.07) is 19.6. The molecule has 0 aromatic heterocycles. The van der Waals surface area contributed by atoms with Crippen LogP contribution in [0, 0.1) is 0 Å². The first-order chi connectivity index (χ1) is 11.2. The van der Waals surface area contributed by atoms with E-state index in [-0.39, 0.29) is 12.1 Å². The Balaban J connectivity index is 2.28. The van der Waals surface area contributed by atoms with Gasteiger partial charge in [-0.15, -0.1) is 0 Å². The highest BCUT2D eigenvalue weighted by Gasteiger charge is 2.31. The lowest BCUT2D eigenvalue weighted by Gasteiger charge is -2.29. The third-order valence-corrected chi connectivity index (χ3v) is 3.88. The molecule has 3 atom stereocenters. The highest BCUT2D eigenvalue weighted by Crippen LogP contribution is 2.24. The molecule has 0 bridgehead atoms. The van der Waals surface area contributed by atoms with Gasteiger partial charge in [0.2, 0.25) is 0 Å². The fourth-order valence-corrected chi connectivity index (χ4v) is 2.61. The van der Waals surface area contributed by atoms with E-state index in [9.17, 15) is 4.79 Å². The smallest absolute Gasteiger partial charge is 0.336 e. The van der Waals surface area contributed by atoms with Gasteiger partial charge >= 0.3 is 5.97 Å². The second kappa shape index (κ2) is 8.46. The molecular weight excluding hydrogens is 290 g/mol. The number of carbonyl (C=O) groups excluding carboxylic acids is 1. The van der Waals surface area contributed by atoms with Crippen LogP contribution >= 0.6 is 0 Å². The largest absolute Gasteiger partial charge is 0.467 e.